The number of benzene rings is 1. The van der Waals surface area contributed by atoms with Gasteiger partial charge in [-0.25, -0.2) is 0 Å². The van der Waals surface area contributed by atoms with Crippen molar-refractivity contribution < 1.29 is 14.6 Å². The zero-order valence-electron chi connectivity index (χ0n) is 21.6. The Morgan fingerprint density at radius 3 is 2.63 bits per heavy atom. The quantitative estimate of drug-likeness (QED) is 0.266. The summed E-state index contributed by atoms with van der Waals surface area (Å²) < 4.78 is 8.11. The third kappa shape index (κ3) is 6.61. The Labute approximate surface area is 213 Å². The van der Waals surface area contributed by atoms with E-state index in [2.05, 4.69) is 40.6 Å². The molecule has 6 nitrogen and oxygen atoms in total. The number of hydrogen-bond acceptors (Lipinski definition) is 5. The number of carbonyl (C=O) groups is 1. The number of aliphatic hydroxyl groups is 1. The van der Waals surface area contributed by atoms with Crippen LogP contribution in [0.4, 0.5) is 0 Å². The Balaban J connectivity index is 1.55. The van der Waals surface area contributed by atoms with Crippen LogP contribution in [0.1, 0.15) is 49.9 Å². The second-order valence-electron chi connectivity index (χ2n) is 11.6. The highest BCUT2D eigenvalue weighted by molar-refractivity contribution is 7.13. The molecule has 0 bridgehead atoms. The molecule has 0 atom stereocenters. The van der Waals surface area contributed by atoms with Crippen molar-refractivity contribution in [2.24, 2.45) is 5.92 Å². The molecule has 1 fully saturated rings. The van der Waals surface area contributed by atoms with Gasteiger partial charge in [-0.2, -0.15) is 0 Å². The van der Waals surface area contributed by atoms with E-state index in [9.17, 15) is 9.90 Å². The molecule has 3 aromatic rings. The van der Waals surface area contributed by atoms with E-state index in [1.165, 1.54) is 0 Å². The fourth-order valence-electron chi connectivity index (χ4n) is 4.85. The van der Waals surface area contributed by atoms with Crippen LogP contribution in [-0.4, -0.2) is 46.9 Å². The van der Waals surface area contributed by atoms with Crippen molar-refractivity contribution in [3.8, 4) is 10.4 Å². The van der Waals surface area contributed by atoms with E-state index in [1.54, 1.807) is 11.3 Å². The van der Waals surface area contributed by atoms with Crippen LogP contribution < -0.4 is 5.32 Å². The van der Waals surface area contributed by atoms with Gasteiger partial charge in [-0.3, -0.25) is 9.78 Å². The molecular formula is C27H39N3O3SSi. The summed E-state index contributed by atoms with van der Waals surface area (Å²) >= 11 is 1.57. The number of nitrogens with zero attached hydrogens (tertiary/aromatic N) is 2. The van der Waals surface area contributed by atoms with Crippen molar-refractivity contribution in [3.63, 3.8) is 0 Å². The summed E-state index contributed by atoms with van der Waals surface area (Å²) in [6, 6.07) is 7.41. The number of aromatic nitrogens is 2. The number of rotatable bonds is 9. The van der Waals surface area contributed by atoms with E-state index in [0.29, 0.717) is 12.3 Å². The lowest BCUT2D eigenvalue weighted by molar-refractivity contribution is -0.00257. The topological polar surface area (TPSA) is 76.4 Å². The first-order valence-electron chi connectivity index (χ1n) is 12.6. The van der Waals surface area contributed by atoms with Crippen LogP contribution in [0.3, 0.4) is 0 Å². The summed E-state index contributed by atoms with van der Waals surface area (Å²) in [5.41, 5.74) is 3.84. The summed E-state index contributed by atoms with van der Waals surface area (Å²) in [5, 5.41) is 14.6. The lowest BCUT2D eigenvalue weighted by Crippen LogP contribution is -2.41. The molecule has 0 saturated heterocycles. The molecule has 0 unspecified atom stereocenters. The van der Waals surface area contributed by atoms with Crippen LogP contribution in [0.5, 0.6) is 0 Å². The maximum absolute atomic E-state index is 13.5. The smallest absolute Gasteiger partial charge is 0.252 e. The Bertz CT molecular complexity index is 1140. The maximum Gasteiger partial charge on any atom is 0.252 e. The Morgan fingerprint density at radius 2 is 2.00 bits per heavy atom. The lowest BCUT2D eigenvalue weighted by atomic mass is 9.77. The predicted molar refractivity (Wildman–Crippen MR) is 147 cm³/mol. The first-order chi connectivity index (χ1) is 16.5. The SMILES string of the molecule is CC(C)(O)C1CCC(NC(=O)c2cc(-c3cncs3)cc3c2ccn3COCC[Si](C)(C)C)CC1. The van der Waals surface area contributed by atoms with Gasteiger partial charge in [-0.05, 0) is 75.3 Å². The molecule has 1 aliphatic rings. The molecule has 1 saturated carbocycles. The van der Waals surface area contributed by atoms with Gasteiger partial charge >= 0.3 is 0 Å². The fraction of sp³-hybridized carbons (Fsp3) is 0.556. The first kappa shape index (κ1) is 26.1. The highest BCUT2D eigenvalue weighted by Gasteiger charge is 2.32. The van der Waals surface area contributed by atoms with Crippen molar-refractivity contribution in [2.75, 3.05) is 6.61 Å². The van der Waals surface area contributed by atoms with Gasteiger partial charge in [0, 0.05) is 44.1 Å². The number of carbonyl (C=O) groups excluding carboxylic acids is 1. The zero-order chi connectivity index (χ0) is 25.2. The zero-order valence-corrected chi connectivity index (χ0v) is 23.5. The number of hydrogen-bond donors (Lipinski definition) is 2. The van der Waals surface area contributed by atoms with Crippen molar-refractivity contribution in [3.05, 3.63) is 41.7 Å². The fourth-order valence-corrected chi connectivity index (χ4v) is 6.21. The molecule has 0 aliphatic heterocycles. The number of amides is 1. The Morgan fingerprint density at radius 1 is 1.26 bits per heavy atom. The minimum Gasteiger partial charge on any atom is -0.390 e. The van der Waals surface area contributed by atoms with E-state index in [4.69, 9.17) is 4.74 Å². The van der Waals surface area contributed by atoms with Crippen LogP contribution in [0.15, 0.2) is 36.1 Å². The van der Waals surface area contributed by atoms with Gasteiger partial charge in [0.05, 0.1) is 21.5 Å². The van der Waals surface area contributed by atoms with Crippen LogP contribution in [-0.2, 0) is 11.5 Å². The Kier molecular flexibility index (Phi) is 7.85. The van der Waals surface area contributed by atoms with E-state index >= 15 is 0 Å². The van der Waals surface area contributed by atoms with Crippen molar-refractivity contribution in [1.29, 1.82) is 0 Å². The van der Waals surface area contributed by atoms with Gasteiger partial charge in [0.15, 0.2) is 0 Å². The molecule has 2 aromatic heterocycles. The molecule has 8 heteroatoms. The van der Waals surface area contributed by atoms with Crippen LogP contribution >= 0.6 is 11.3 Å². The number of nitrogens with one attached hydrogen (secondary N) is 1. The number of thiazole rings is 1. The Hall–Kier alpha value is -2.00. The van der Waals surface area contributed by atoms with E-state index < -0.39 is 13.7 Å². The van der Waals surface area contributed by atoms with Gasteiger partial charge < -0.3 is 19.7 Å². The van der Waals surface area contributed by atoms with E-state index in [1.807, 2.05) is 43.9 Å². The molecular weight excluding hydrogens is 474 g/mol. The summed E-state index contributed by atoms with van der Waals surface area (Å²) in [7, 11) is -1.15. The largest absolute Gasteiger partial charge is 0.390 e. The van der Waals surface area contributed by atoms with Crippen LogP contribution in [0.2, 0.25) is 25.7 Å². The highest BCUT2D eigenvalue weighted by Crippen LogP contribution is 2.34. The van der Waals surface area contributed by atoms with Crippen molar-refractivity contribution in [2.45, 2.75) is 83.6 Å². The summed E-state index contributed by atoms with van der Waals surface area (Å²) in [6.45, 7) is 12.1. The molecule has 2 heterocycles. The molecule has 1 aliphatic carbocycles. The minimum absolute atomic E-state index is 0.0366. The third-order valence-electron chi connectivity index (χ3n) is 7.14. The van der Waals surface area contributed by atoms with Gasteiger partial charge in [0.1, 0.15) is 6.73 Å². The first-order valence-corrected chi connectivity index (χ1v) is 17.2. The average Bonchev–Trinajstić information content (AvgIpc) is 3.45. The summed E-state index contributed by atoms with van der Waals surface area (Å²) in [6.07, 6.45) is 7.50. The van der Waals surface area contributed by atoms with Gasteiger partial charge in [-0.1, -0.05) is 19.6 Å². The normalized spacial score (nSPS) is 19.3. The molecule has 2 N–H and O–H groups in total. The van der Waals surface area contributed by atoms with Crippen LogP contribution in [0.25, 0.3) is 21.3 Å². The molecule has 4 rings (SSSR count). The minimum atomic E-state index is -1.15. The van der Waals surface area contributed by atoms with Crippen molar-refractivity contribution in [1.82, 2.24) is 14.9 Å². The molecule has 35 heavy (non-hydrogen) atoms. The van der Waals surface area contributed by atoms with Crippen molar-refractivity contribution >= 4 is 36.2 Å². The molecule has 1 amide bonds. The van der Waals surface area contributed by atoms with E-state index in [-0.39, 0.29) is 17.9 Å². The monoisotopic (exact) mass is 513 g/mol. The lowest BCUT2D eigenvalue weighted by Gasteiger charge is -2.36. The summed E-state index contributed by atoms with van der Waals surface area (Å²) in [4.78, 5) is 18.8. The van der Waals surface area contributed by atoms with Gasteiger partial charge in [-0.15, -0.1) is 11.3 Å². The second-order valence-corrected chi connectivity index (χ2v) is 18.1. The summed E-state index contributed by atoms with van der Waals surface area (Å²) in [5.74, 6) is 0.248. The van der Waals surface area contributed by atoms with Gasteiger partial charge in [0.2, 0.25) is 0 Å². The van der Waals surface area contributed by atoms with Gasteiger partial charge in [0.25, 0.3) is 5.91 Å². The second kappa shape index (κ2) is 10.5. The third-order valence-corrected chi connectivity index (χ3v) is 9.66. The molecule has 1 aromatic carbocycles. The standard InChI is InChI=1S/C27H39N3O3SSi/c1-27(2,32)20-6-8-21(9-7-20)29-26(31)23-14-19(25-16-28-17-34-25)15-24-22(23)10-11-30(24)18-33-12-13-35(3,4)5/h10-11,14-17,20-21,32H,6-9,12-13,18H2,1-5H3,(H,29,31). The highest BCUT2D eigenvalue weighted by atomic mass is 32.1. The average molecular weight is 514 g/mol. The van der Waals surface area contributed by atoms with E-state index in [0.717, 1.165) is 59.7 Å². The number of fused-ring (bicyclic) bond motifs is 1. The number of ether oxygens (including phenoxy) is 1. The molecule has 0 spiro atoms. The molecule has 190 valence electrons. The van der Waals surface area contributed by atoms with Crippen LogP contribution in [0, 0.1) is 5.92 Å². The molecule has 0 radical (unpaired) electrons. The predicted octanol–water partition coefficient (Wildman–Crippen LogP) is 6.14. The maximum atomic E-state index is 13.5.